The van der Waals surface area contributed by atoms with Gasteiger partial charge in [0.2, 0.25) is 6.29 Å². The third kappa shape index (κ3) is 9.72. The number of aliphatic hydroxyl groups excluding tert-OH is 13. The van der Waals surface area contributed by atoms with Crippen molar-refractivity contribution in [3.63, 3.8) is 0 Å². The van der Waals surface area contributed by atoms with Crippen LogP contribution < -0.4 is 0 Å². The summed E-state index contributed by atoms with van der Waals surface area (Å²) >= 11 is 0. The molecule has 4 saturated carbocycles. The molecule has 0 aromatic carbocycles. The largest absolute Gasteiger partial charge is 0.467 e. The molecule has 28 unspecified atom stereocenters. The first-order valence-electron chi connectivity index (χ1n) is 27.7. The fourth-order valence-electron chi connectivity index (χ4n) is 16.5. The molecule has 24 heteroatoms. The van der Waals surface area contributed by atoms with E-state index in [2.05, 4.69) is 40.7 Å². The average Bonchev–Trinajstić information content (AvgIpc) is 2.77. The van der Waals surface area contributed by atoms with Gasteiger partial charge in [0.1, 0.15) is 85.5 Å². The Bertz CT molecular complexity index is 2200. The molecule has 24 nitrogen and oxygen atoms in total. The summed E-state index contributed by atoms with van der Waals surface area (Å²) in [5, 5.41) is 141. The van der Waals surface area contributed by atoms with Crippen LogP contribution in [0.2, 0.25) is 0 Å². The van der Waals surface area contributed by atoms with Crippen LogP contribution in [0.3, 0.4) is 0 Å². The number of esters is 2. The van der Waals surface area contributed by atoms with Crippen molar-refractivity contribution in [1.82, 2.24) is 0 Å². The number of carbonyl (C=O) groups is 2. The highest BCUT2D eigenvalue weighted by Gasteiger charge is 2.71. The van der Waals surface area contributed by atoms with Crippen molar-refractivity contribution in [2.75, 3.05) is 26.9 Å². The van der Waals surface area contributed by atoms with Crippen LogP contribution >= 0.6 is 0 Å². The van der Waals surface area contributed by atoms with Crippen LogP contribution in [0.15, 0.2) is 11.6 Å². The van der Waals surface area contributed by atoms with Crippen molar-refractivity contribution in [1.29, 1.82) is 0 Å². The van der Waals surface area contributed by atoms with E-state index in [1.165, 1.54) is 5.57 Å². The first-order chi connectivity index (χ1) is 36.5. The zero-order chi connectivity index (χ0) is 57.1. The van der Waals surface area contributed by atoms with E-state index in [0.29, 0.717) is 38.5 Å². The van der Waals surface area contributed by atoms with E-state index in [1.54, 1.807) is 0 Å². The average molecular weight is 1120 g/mol. The van der Waals surface area contributed by atoms with E-state index in [-0.39, 0.29) is 35.0 Å². The van der Waals surface area contributed by atoms with Crippen LogP contribution in [-0.2, 0) is 52.2 Å². The van der Waals surface area contributed by atoms with Crippen LogP contribution in [0.4, 0.5) is 0 Å². The maximum atomic E-state index is 14.8. The zero-order valence-electron chi connectivity index (χ0n) is 45.7. The van der Waals surface area contributed by atoms with Crippen molar-refractivity contribution >= 4 is 11.9 Å². The normalized spacial score (nSPS) is 52.8. The summed E-state index contributed by atoms with van der Waals surface area (Å²) in [6, 6.07) is 0. The number of hydrogen-bond donors (Lipinski definition) is 13. The maximum absolute atomic E-state index is 14.8. The summed E-state index contributed by atoms with van der Waals surface area (Å²) in [7, 11) is 1.05. The summed E-state index contributed by atoms with van der Waals surface area (Å²) in [6.07, 6.45) is -27.6. The van der Waals surface area contributed by atoms with Crippen LogP contribution in [0.5, 0.6) is 0 Å². The highest BCUT2D eigenvalue weighted by molar-refractivity contribution is 5.79. The van der Waals surface area contributed by atoms with Crippen molar-refractivity contribution in [3.8, 4) is 0 Å². The molecule has 13 N–H and O–H groups in total. The minimum absolute atomic E-state index is 0.0197. The van der Waals surface area contributed by atoms with E-state index in [1.807, 2.05) is 13.8 Å². The predicted octanol–water partition coefficient (Wildman–Crippen LogP) is -2.24. The fraction of sp³-hybridized carbons (Fsp3) is 0.926. The first kappa shape index (κ1) is 60.5. The molecule has 9 aliphatic rings. The van der Waals surface area contributed by atoms with Crippen LogP contribution in [0, 0.1) is 50.2 Å². The Kier molecular flexibility index (Phi) is 16.9. The van der Waals surface area contributed by atoms with Gasteiger partial charge in [0.25, 0.3) is 0 Å². The van der Waals surface area contributed by atoms with Crippen LogP contribution in [0.1, 0.15) is 106 Å². The quantitative estimate of drug-likeness (QED) is 0.0591. The van der Waals surface area contributed by atoms with Gasteiger partial charge < -0.3 is 109 Å². The lowest BCUT2D eigenvalue weighted by atomic mass is 9.33. The van der Waals surface area contributed by atoms with Gasteiger partial charge in [-0.15, -0.1) is 0 Å². The lowest BCUT2D eigenvalue weighted by molar-refractivity contribution is -0.381. The summed E-state index contributed by atoms with van der Waals surface area (Å²) < 4.78 is 51.9. The van der Waals surface area contributed by atoms with E-state index >= 15 is 0 Å². The zero-order valence-corrected chi connectivity index (χ0v) is 45.7. The van der Waals surface area contributed by atoms with Crippen molar-refractivity contribution in [3.05, 3.63) is 11.6 Å². The third-order valence-corrected chi connectivity index (χ3v) is 21.1. The van der Waals surface area contributed by atoms with Gasteiger partial charge in [0.05, 0.1) is 44.6 Å². The summed E-state index contributed by atoms with van der Waals surface area (Å²) in [5.41, 5.74) is -2.05. The second kappa shape index (κ2) is 21.8. The molecule has 0 aromatic heterocycles. The van der Waals surface area contributed by atoms with Gasteiger partial charge in [-0.05, 0) is 103 Å². The SMILES string of the molecule is COC(=O)C1OC(OC2C(O)CC3(C)C(CCC4(C)C3CC=C3C5CC(C)(C)CCC5(C(=O)OC5OC(CO)C(O)C(O)C5O)CCC34C)C2(C)C)C(O)C(OC2OC(CO)C(O)C(OC3OCC(O)C(O)C3O)C2O)C1O. The summed E-state index contributed by atoms with van der Waals surface area (Å²) in [4.78, 5) is 28.0. The fourth-order valence-corrected chi connectivity index (χ4v) is 16.5. The minimum atomic E-state index is -2.01. The number of ether oxygens (including phenoxy) is 9. The Labute approximate surface area is 453 Å². The Hall–Kier alpha value is -2.12. The van der Waals surface area contributed by atoms with Gasteiger partial charge in [-0.25, -0.2) is 4.79 Å². The van der Waals surface area contributed by atoms with Gasteiger partial charge in [-0.1, -0.05) is 60.1 Å². The highest BCUT2D eigenvalue weighted by Crippen LogP contribution is 2.76. The summed E-state index contributed by atoms with van der Waals surface area (Å²) in [5.74, 6) is -1.96. The topological polar surface area (TPSA) is 380 Å². The van der Waals surface area contributed by atoms with Crippen molar-refractivity contribution in [2.24, 2.45) is 50.2 Å². The lowest BCUT2D eigenvalue weighted by Gasteiger charge is -2.71. The standard InChI is InChI=1S/C54H86O24/c1-49(2)13-15-54(48(69)78-45-35(64)33(62)31(60)26(19-55)72-45)16-14-52(6)22(23(54)17-49)9-10-29-51(5)18-24(57)42(50(3,4)28(51)11-12-53(29,52)7)77-47-38(67)40(36(65)41(76-47)43(68)70-8)75-46-37(66)39(32(61)27(20-56)73-46)74-44-34(63)30(59)25(58)21-71-44/h9,23-42,44-47,55-67H,10-21H2,1-8H3. The molecule has 4 aliphatic heterocycles. The van der Waals surface area contributed by atoms with Crippen molar-refractivity contribution in [2.45, 2.75) is 235 Å². The molecular formula is C54H86O24. The highest BCUT2D eigenvalue weighted by atomic mass is 16.8. The van der Waals surface area contributed by atoms with Crippen LogP contribution in [-0.4, -0.2) is 234 Å². The van der Waals surface area contributed by atoms with Crippen molar-refractivity contribution < 1.29 is 119 Å². The Balaban J connectivity index is 0.952. The van der Waals surface area contributed by atoms with E-state index < -0.39 is 182 Å². The van der Waals surface area contributed by atoms with E-state index in [4.69, 9.17) is 42.6 Å². The molecule has 28 atom stereocenters. The van der Waals surface area contributed by atoms with E-state index in [9.17, 15) is 76.0 Å². The van der Waals surface area contributed by atoms with Gasteiger partial charge in [-0.2, -0.15) is 0 Å². The molecular weight excluding hydrogens is 1030 g/mol. The smallest absolute Gasteiger partial charge is 0.337 e. The molecule has 8 fully saturated rings. The van der Waals surface area contributed by atoms with Crippen LogP contribution in [0.25, 0.3) is 0 Å². The Morgan fingerprint density at radius 1 is 0.603 bits per heavy atom. The number of aliphatic hydroxyl groups is 13. The third-order valence-electron chi connectivity index (χ3n) is 21.1. The summed E-state index contributed by atoms with van der Waals surface area (Å²) in [6.45, 7) is 13.2. The molecule has 5 aliphatic carbocycles. The van der Waals surface area contributed by atoms with Gasteiger partial charge in [0, 0.05) is 0 Å². The molecule has 78 heavy (non-hydrogen) atoms. The Morgan fingerprint density at radius 2 is 1.19 bits per heavy atom. The monoisotopic (exact) mass is 1120 g/mol. The second-order valence-corrected chi connectivity index (χ2v) is 26.2. The number of hydrogen-bond acceptors (Lipinski definition) is 24. The van der Waals surface area contributed by atoms with Gasteiger partial charge in [-0.3, -0.25) is 4.79 Å². The number of carbonyl (C=O) groups excluding carboxylic acids is 2. The predicted molar refractivity (Wildman–Crippen MR) is 263 cm³/mol. The lowest BCUT2D eigenvalue weighted by Crippen LogP contribution is -2.69. The second-order valence-electron chi connectivity index (χ2n) is 26.2. The van der Waals surface area contributed by atoms with E-state index in [0.717, 1.165) is 20.0 Å². The van der Waals surface area contributed by atoms with Gasteiger partial charge >= 0.3 is 11.9 Å². The number of methoxy groups -OCH3 is 1. The molecule has 4 saturated heterocycles. The molecule has 446 valence electrons. The van der Waals surface area contributed by atoms with Gasteiger partial charge in [0.15, 0.2) is 25.0 Å². The molecule has 0 aromatic rings. The number of allylic oxidation sites excluding steroid dienone is 2. The number of fused-ring (bicyclic) bond motifs is 7. The minimum Gasteiger partial charge on any atom is -0.467 e. The molecule has 4 heterocycles. The maximum Gasteiger partial charge on any atom is 0.337 e. The number of rotatable bonds is 11. The Morgan fingerprint density at radius 3 is 1.85 bits per heavy atom. The molecule has 0 spiro atoms. The molecule has 0 bridgehead atoms. The first-order valence-corrected chi connectivity index (χ1v) is 27.7. The molecule has 0 amide bonds. The molecule has 9 rings (SSSR count). The molecule has 0 radical (unpaired) electrons.